The van der Waals surface area contributed by atoms with Gasteiger partial charge in [-0.2, -0.15) is 0 Å². The van der Waals surface area contributed by atoms with Crippen LogP contribution in [0.5, 0.6) is 5.75 Å². The van der Waals surface area contributed by atoms with E-state index in [4.69, 9.17) is 22.4 Å². The van der Waals surface area contributed by atoms with E-state index in [1.54, 1.807) is 0 Å². The molecule has 0 radical (unpaired) electrons. The van der Waals surface area contributed by atoms with Crippen molar-refractivity contribution < 1.29 is 19.9 Å². The molecule has 0 saturated carbocycles. The van der Waals surface area contributed by atoms with Gasteiger partial charge in [-0.1, -0.05) is 11.6 Å². The lowest BCUT2D eigenvalue weighted by Crippen LogP contribution is -2.11. The second-order valence-electron chi connectivity index (χ2n) is 5.39. The predicted octanol–water partition coefficient (Wildman–Crippen LogP) is 2.59. The molecule has 2 aromatic carbocycles. The number of nitrogens with one attached hydrogen (secondary N) is 2. The molecule has 9 nitrogen and oxygen atoms in total. The summed E-state index contributed by atoms with van der Waals surface area (Å²) in [5, 5.41) is 34.7. The first-order valence-corrected chi connectivity index (χ1v) is 8.10. The van der Waals surface area contributed by atoms with Crippen molar-refractivity contribution in [2.24, 2.45) is 0 Å². The van der Waals surface area contributed by atoms with E-state index in [0.29, 0.717) is 11.3 Å². The minimum absolute atomic E-state index is 0.00565. The summed E-state index contributed by atoms with van der Waals surface area (Å²) in [4.78, 5) is 22.7. The Bertz CT molecular complexity index is 901. The molecule has 10 heteroatoms. The van der Waals surface area contributed by atoms with Crippen LogP contribution in [0.25, 0.3) is 6.08 Å². The molecule has 0 saturated heterocycles. The molecule has 0 aliphatic heterocycles. The van der Waals surface area contributed by atoms with Gasteiger partial charge in [0.2, 0.25) is 5.91 Å². The SMILES string of the molecule is Nc1ccc(O)cc1/C=C/C(=O)Nc1cc([N+](=O)[O-])c(NCCO)cc1Cl. The summed E-state index contributed by atoms with van der Waals surface area (Å²) in [6, 6.07) is 6.71. The lowest BCUT2D eigenvalue weighted by atomic mass is 10.1. The zero-order chi connectivity index (χ0) is 20.0. The van der Waals surface area contributed by atoms with Crippen LogP contribution >= 0.6 is 11.6 Å². The monoisotopic (exact) mass is 392 g/mol. The number of phenolic OH excluding ortho intramolecular Hbond substituents is 1. The van der Waals surface area contributed by atoms with Crippen LogP contribution in [0.3, 0.4) is 0 Å². The molecular formula is C17H17ClN4O5. The molecule has 0 aliphatic rings. The van der Waals surface area contributed by atoms with Crippen molar-refractivity contribution in [1.29, 1.82) is 0 Å². The Balaban J connectivity index is 2.21. The Labute approximate surface area is 159 Å². The fourth-order valence-corrected chi connectivity index (χ4v) is 2.40. The number of aromatic hydroxyl groups is 1. The third-order valence-corrected chi connectivity index (χ3v) is 3.76. The van der Waals surface area contributed by atoms with Crippen LogP contribution in [-0.4, -0.2) is 34.2 Å². The van der Waals surface area contributed by atoms with Gasteiger partial charge >= 0.3 is 0 Å². The molecule has 27 heavy (non-hydrogen) atoms. The number of hydrogen-bond donors (Lipinski definition) is 5. The van der Waals surface area contributed by atoms with E-state index in [1.165, 1.54) is 30.3 Å². The number of rotatable bonds is 7. The van der Waals surface area contributed by atoms with Gasteiger partial charge in [0, 0.05) is 29.9 Å². The average Bonchev–Trinajstić information content (AvgIpc) is 2.62. The molecule has 0 spiro atoms. The summed E-state index contributed by atoms with van der Waals surface area (Å²) >= 11 is 6.08. The van der Waals surface area contributed by atoms with Crippen LogP contribution < -0.4 is 16.4 Å². The van der Waals surface area contributed by atoms with Crippen molar-refractivity contribution in [3.05, 3.63) is 57.1 Å². The van der Waals surface area contributed by atoms with Gasteiger partial charge in [0.1, 0.15) is 11.4 Å². The van der Waals surface area contributed by atoms with Gasteiger partial charge in [-0.25, -0.2) is 0 Å². The number of nitro benzene ring substituents is 1. The minimum Gasteiger partial charge on any atom is -0.508 e. The van der Waals surface area contributed by atoms with Gasteiger partial charge < -0.3 is 26.6 Å². The van der Waals surface area contributed by atoms with E-state index in [-0.39, 0.29) is 41.0 Å². The van der Waals surface area contributed by atoms with Crippen molar-refractivity contribution in [1.82, 2.24) is 0 Å². The van der Waals surface area contributed by atoms with E-state index in [0.717, 1.165) is 12.1 Å². The van der Waals surface area contributed by atoms with Crippen molar-refractivity contribution in [2.75, 3.05) is 29.5 Å². The van der Waals surface area contributed by atoms with E-state index in [2.05, 4.69) is 10.6 Å². The predicted molar refractivity (Wildman–Crippen MR) is 104 cm³/mol. The number of carbonyl (C=O) groups excluding carboxylic acids is 1. The van der Waals surface area contributed by atoms with Gasteiger partial charge in [-0.3, -0.25) is 14.9 Å². The summed E-state index contributed by atoms with van der Waals surface area (Å²) < 4.78 is 0. The topological polar surface area (TPSA) is 151 Å². The number of amides is 1. The summed E-state index contributed by atoms with van der Waals surface area (Å²) in [6.07, 6.45) is 2.55. The highest BCUT2D eigenvalue weighted by Gasteiger charge is 2.18. The van der Waals surface area contributed by atoms with E-state index < -0.39 is 10.8 Å². The average molecular weight is 393 g/mol. The zero-order valence-electron chi connectivity index (χ0n) is 14.0. The third kappa shape index (κ3) is 5.33. The molecule has 0 atom stereocenters. The number of carbonyl (C=O) groups is 1. The summed E-state index contributed by atoms with van der Waals surface area (Å²) in [5.41, 5.74) is 6.42. The summed E-state index contributed by atoms with van der Waals surface area (Å²) in [5.74, 6) is -0.598. The van der Waals surface area contributed by atoms with Crippen molar-refractivity contribution in [2.45, 2.75) is 0 Å². The Morgan fingerprint density at radius 1 is 1.30 bits per heavy atom. The maximum Gasteiger partial charge on any atom is 0.294 e. The van der Waals surface area contributed by atoms with Gasteiger partial charge in [-0.05, 0) is 30.3 Å². The first kappa shape index (κ1) is 20.0. The fourth-order valence-electron chi connectivity index (χ4n) is 2.19. The lowest BCUT2D eigenvalue weighted by Gasteiger charge is -2.10. The molecule has 0 fully saturated rings. The highest BCUT2D eigenvalue weighted by atomic mass is 35.5. The van der Waals surface area contributed by atoms with Crippen molar-refractivity contribution >= 4 is 46.3 Å². The van der Waals surface area contributed by atoms with Gasteiger partial charge in [0.25, 0.3) is 5.69 Å². The number of aliphatic hydroxyl groups is 1. The lowest BCUT2D eigenvalue weighted by molar-refractivity contribution is -0.383. The Morgan fingerprint density at radius 3 is 2.70 bits per heavy atom. The molecule has 0 heterocycles. The number of anilines is 3. The van der Waals surface area contributed by atoms with Crippen LogP contribution in [0.4, 0.5) is 22.7 Å². The smallest absolute Gasteiger partial charge is 0.294 e. The molecule has 0 bridgehead atoms. The highest BCUT2D eigenvalue weighted by molar-refractivity contribution is 6.34. The number of nitrogens with two attached hydrogens (primary N) is 1. The number of aliphatic hydroxyl groups excluding tert-OH is 1. The van der Waals surface area contributed by atoms with Gasteiger partial charge in [0.05, 0.1) is 22.2 Å². The number of nitrogens with zero attached hydrogens (tertiary/aromatic N) is 1. The number of nitro groups is 1. The molecule has 2 aromatic rings. The second-order valence-corrected chi connectivity index (χ2v) is 5.80. The van der Waals surface area contributed by atoms with Crippen LogP contribution in [-0.2, 0) is 4.79 Å². The highest BCUT2D eigenvalue weighted by Crippen LogP contribution is 2.34. The maximum absolute atomic E-state index is 12.1. The third-order valence-electron chi connectivity index (χ3n) is 3.45. The quantitative estimate of drug-likeness (QED) is 0.160. The maximum atomic E-state index is 12.1. The van der Waals surface area contributed by atoms with Crippen LogP contribution in [0.2, 0.25) is 5.02 Å². The van der Waals surface area contributed by atoms with Crippen molar-refractivity contribution in [3.8, 4) is 5.75 Å². The van der Waals surface area contributed by atoms with Crippen LogP contribution in [0.1, 0.15) is 5.56 Å². The van der Waals surface area contributed by atoms with E-state index in [1.807, 2.05) is 0 Å². The second kappa shape index (κ2) is 8.88. The Hall–Kier alpha value is -3.30. The molecule has 142 valence electrons. The summed E-state index contributed by atoms with van der Waals surface area (Å²) in [6.45, 7) is -0.104. The number of nitrogen functional groups attached to an aromatic ring is 1. The fraction of sp³-hybridized carbons (Fsp3) is 0.118. The molecule has 1 amide bonds. The normalized spacial score (nSPS) is 10.7. The molecule has 0 aliphatic carbocycles. The van der Waals surface area contributed by atoms with Gasteiger partial charge in [0.15, 0.2) is 0 Å². The first-order chi connectivity index (χ1) is 12.8. The number of benzene rings is 2. The first-order valence-electron chi connectivity index (χ1n) is 7.72. The number of halogens is 1. The van der Waals surface area contributed by atoms with E-state index in [9.17, 15) is 20.0 Å². The Kier molecular flexibility index (Phi) is 6.58. The van der Waals surface area contributed by atoms with Crippen molar-refractivity contribution in [3.63, 3.8) is 0 Å². The number of phenols is 1. The van der Waals surface area contributed by atoms with Crippen LogP contribution in [0, 0.1) is 10.1 Å². The minimum atomic E-state index is -0.630. The molecule has 2 rings (SSSR count). The van der Waals surface area contributed by atoms with Crippen LogP contribution in [0.15, 0.2) is 36.4 Å². The van der Waals surface area contributed by atoms with Gasteiger partial charge in [-0.15, -0.1) is 0 Å². The van der Waals surface area contributed by atoms with E-state index >= 15 is 0 Å². The standard InChI is InChI=1S/C17H17ClN4O5/c18-12-8-15(20-5-6-23)16(22(26)27)9-14(12)21-17(25)4-1-10-7-11(24)2-3-13(10)19/h1-4,7-9,20,23-24H,5-6,19H2,(H,21,25)/b4-1+. The molecule has 0 aromatic heterocycles. The number of hydrogen-bond acceptors (Lipinski definition) is 7. The molecule has 0 unspecified atom stereocenters. The Morgan fingerprint density at radius 2 is 2.04 bits per heavy atom. The summed E-state index contributed by atoms with van der Waals surface area (Å²) in [7, 11) is 0. The molecule has 6 N–H and O–H groups in total. The largest absolute Gasteiger partial charge is 0.508 e. The molecular weight excluding hydrogens is 376 g/mol. The zero-order valence-corrected chi connectivity index (χ0v) is 14.7.